The molecule has 1 atom stereocenters. The van der Waals surface area contributed by atoms with Crippen molar-refractivity contribution in [3.05, 3.63) is 90.4 Å². The summed E-state index contributed by atoms with van der Waals surface area (Å²) in [7, 11) is 0. The summed E-state index contributed by atoms with van der Waals surface area (Å²) < 4.78 is 1.61. The molecule has 1 heterocycles. The molecule has 0 spiro atoms. The normalized spacial score (nSPS) is 15.4. The van der Waals surface area contributed by atoms with Gasteiger partial charge in [0.2, 0.25) is 0 Å². The Morgan fingerprint density at radius 1 is 1.13 bits per heavy atom. The minimum atomic E-state index is -0.821. The van der Waals surface area contributed by atoms with Crippen LogP contribution < -0.4 is 10.7 Å². The number of carbonyl (C=O) groups is 2. The van der Waals surface area contributed by atoms with Crippen molar-refractivity contribution in [1.82, 2.24) is 10.4 Å². The molecule has 152 valence electrons. The monoisotopic (exact) mass is 597 g/mol. The van der Waals surface area contributed by atoms with E-state index in [1.807, 2.05) is 6.07 Å². The second-order valence-electron chi connectivity index (χ2n) is 6.56. The number of anilines is 1. The highest BCUT2D eigenvalue weighted by molar-refractivity contribution is 14.1. The molecule has 0 aromatic heterocycles. The third kappa shape index (κ3) is 4.12. The Morgan fingerprint density at radius 3 is 2.60 bits per heavy atom. The SMILES string of the molecule is O=C(NN1C(=O)c2cc(I)ccc2N[C@@H]1c1cc(Br)ccc1O)c1ccc(Cl)cc1. The lowest BCUT2D eigenvalue weighted by Crippen LogP contribution is -2.52. The van der Waals surface area contributed by atoms with Crippen molar-refractivity contribution < 1.29 is 14.7 Å². The zero-order valence-electron chi connectivity index (χ0n) is 15.2. The fourth-order valence-corrected chi connectivity index (χ4v) is 4.13. The summed E-state index contributed by atoms with van der Waals surface area (Å²) in [6, 6.07) is 16.7. The van der Waals surface area contributed by atoms with Crippen molar-refractivity contribution >= 4 is 67.6 Å². The van der Waals surface area contributed by atoms with Crippen molar-refractivity contribution in [2.24, 2.45) is 0 Å². The number of aromatic hydroxyl groups is 1. The summed E-state index contributed by atoms with van der Waals surface area (Å²) in [5, 5.41) is 15.4. The van der Waals surface area contributed by atoms with Crippen molar-refractivity contribution in [2.75, 3.05) is 5.32 Å². The van der Waals surface area contributed by atoms with Crippen molar-refractivity contribution in [3.8, 4) is 5.75 Å². The first-order valence-corrected chi connectivity index (χ1v) is 11.0. The molecular formula is C21H14BrClIN3O3. The molecule has 2 amide bonds. The minimum absolute atomic E-state index is 0.0109. The molecule has 0 aliphatic carbocycles. The van der Waals surface area contributed by atoms with Crippen LogP contribution in [-0.2, 0) is 0 Å². The van der Waals surface area contributed by atoms with Crippen LogP contribution in [0.1, 0.15) is 32.4 Å². The molecule has 6 nitrogen and oxygen atoms in total. The van der Waals surface area contributed by atoms with Gasteiger partial charge in [-0.1, -0.05) is 27.5 Å². The van der Waals surface area contributed by atoms with Gasteiger partial charge >= 0.3 is 0 Å². The van der Waals surface area contributed by atoms with E-state index in [0.717, 1.165) is 8.04 Å². The van der Waals surface area contributed by atoms with E-state index in [9.17, 15) is 14.7 Å². The van der Waals surface area contributed by atoms with Gasteiger partial charge in [-0.25, -0.2) is 5.01 Å². The Morgan fingerprint density at radius 2 is 1.87 bits per heavy atom. The number of benzene rings is 3. The number of nitrogens with zero attached hydrogens (tertiary/aromatic N) is 1. The van der Waals surface area contributed by atoms with E-state index in [2.05, 4.69) is 49.3 Å². The summed E-state index contributed by atoms with van der Waals surface area (Å²) in [5.41, 5.74) is 4.48. The lowest BCUT2D eigenvalue weighted by Gasteiger charge is -2.38. The molecule has 4 rings (SSSR count). The molecule has 0 saturated carbocycles. The first-order chi connectivity index (χ1) is 14.3. The number of halogens is 3. The molecule has 0 fully saturated rings. The van der Waals surface area contributed by atoms with E-state index in [0.29, 0.717) is 27.4 Å². The highest BCUT2D eigenvalue weighted by atomic mass is 127. The minimum Gasteiger partial charge on any atom is -0.508 e. The highest BCUT2D eigenvalue weighted by Gasteiger charge is 2.36. The van der Waals surface area contributed by atoms with Crippen LogP contribution in [0, 0.1) is 3.57 Å². The lowest BCUT2D eigenvalue weighted by atomic mass is 10.0. The number of carbonyl (C=O) groups excluding carboxylic acids is 2. The van der Waals surface area contributed by atoms with Crippen LogP contribution in [0.2, 0.25) is 5.02 Å². The van der Waals surface area contributed by atoms with E-state index < -0.39 is 18.0 Å². The topological polar surface area (TPSA) is 81.7 Å². The third-order valence-electron chi connectivity index (χ3n) is 4.59. The average Bonchev–Trinajstić information content (AvgIpc) is 2.72. The number of rotatable bonds is 3. The number of amides is 2. The standard InChI is InChI=1S/C21H14BrClIN3O3/c22-12-3-8-18(28)16(9-12)19-25-17-7-6-14(24)10-15(17)21(30)27(19)26-20(29)11-1-4-13(23)5-2-11/h1-10,19,25,28H,(H,26,29)/t19-/m0/s1. The molecule has 3 aromatic rings. The fourth-order valence-electron chi connectivity index (χ4n) is 3.13. The van der Waals surface area contributed by atoms with E-state index in [1.165, 1.54) is 11.1 Å². The van der Waals surface area contributed by atoms with Gasteiger partial charge in [0, 0.05) is 29.9 Å². The molecule has 3 aromatic carbocycles. The molecule has 1 aliphatic heterocycles. The summed E-state index contributed by atoms with van der Waals surface area (Å²) in [6.45, 7) is 0. The van der Waals surface area contributed by atoms with E-state index in [1.54, 1.807) is 48.5 Å². The number of nitrogens with one attached hydrogen (secondary N) is 2. The molecule has 1 aliphatic rings. The third-order valence-corrected chi connectivity index (χ3v) is 6.01. The summed E-state index contributed by atoms with van der Waals surface area (Å²) in [6.07, 6.45) is -0.821. The maximum Gasteiger partial charge on any atom is 0.276 e. The van der Waals surface area contributed by atoms with Gasteiger partial charge in [0.25, 0.3) is 11.8 Å². The fraction of sp³-hybridized carbons (Fsp3) is 0.0476. The Bertz CT molecular complexity index is 1160. The van der Waals surface area contributed by atoms with Crippen molar-refractivity contribution in [1.29, 1.82) is 0 Å². The summed E-state index contributed by atoms with van der Waals surface area (Å²) >= 11 is 11.4. The molecule has 0 bridgehead atoms. The van der Waals surface area contributed by atoms with Gasteiger partial charge in [-0.3, -0.25) is 15.0 Å². The van der Waals surface area contributed by atoms with Gasteiger partial charge < -0.3 is 10.4 Å². The van der Waals surface area contributed by atoms with E-state index in [4.69, 9.17) is 11.6 Å². The molecule has 30 heavy (non-hydrogen) atoms. The van der Waals surface area contributed by atoms with Gasteiger partial charge in [-0.05, 0) is 83.3 Å². The maximum atomic E-state index is 13.3. The highest BCUT2D eigenvalue weighted by Crippen LogP contribution is 2.37. The van der Waals surface area contributed by atoms with Crippen LogP contribution in [0.4, 0.5) is 5.69 Å². The zero-order chi connectivity index (χ0) is 21.4. The quantitative estimate of drug-likeness (QED) is 0.357. The molecule has 0 radical (unpaired) electrons. The van der Waals surface area contributed by atoms with Gasteiger partial charge in [-0.2, -0.15) is 0 Å². The molecular weight excluding hydrogens is 585 g/mol. The second-order valence-corrected chi connectivity index (χ2v) is 9.16. The Balaban J connectivity index is 1.76. The predicted molar refractivity (Wildman–Crippen MR) is 126 cm³/mol. The number of phenols is 1. The largest absolute Gasteiger partial charge is 0.508 e. The predicted octanol–water partition coefficient (Wildman–Crippen LogP) is 5.32. The van der Waals surface area contributed by atoms with Crippen LogP contribution in [0.15, 0.2) is 65.1 Å². The number of hydrazine groups is 1. The van der Waals surface area contributed by atoms with Crippen LogP contribution in [0.3, 0.4) is 0 Å². The molecule has 9 heteroatoms. The van der Waals surface area contributed by atoms with Crippen LogP contribution in [0.5, 0.6) is 5.75 Å². The molecule has 0 unspecified atom stereocenters. The number of hydrogen-bond acceptors (Lipinski definition) is 4. The van der Waals surface area contributed by atoms with Crippen LogP contribution in [-0.4, -0.2) is 21.9 Å². The second kappa shape index (κ2) is 8.44. The Kier molecular flexibility index (Phi) is 5.90. The van der Waals surface area contributed by atoms with E-state index in [-0.39, 0.29) is 5.75 Å². The van der Waals surface area contributed by atoms with Gasteiger partial charge in [0.15, 0.2) is 6.17 Å². The van der Waals surface area contributed by atoms with Crippen LogP contribution in [0.25, 0.3) is 0 Å². The van der Waals surface area contributed by atoms with Crippen molar-refractivity contribution in [3.63, 3.8) is 0 Å². The number of fused-ring (bicyclic) bond motifs is 1. The first-order valence-electron chi connectivity index (χ1n) is 8.78. The zero-order valence-corrected chi connectivity index (χ0v) is 19.7. The average molecular weight is 599 g/mol. The summed E-state index contributed by atoms with van der Waals surface area (Å²) in [5.74, 6) is -0.882. The summed E-state index contributed by atoms with van der Waals surface area (Å²) in [4.78, 5) is 26.2. The van der Waals surface area contributed by atoms with E-state index >= 15 is 0 Å². The number of hydrogen-bond donors (Lipinski definition) is 3. The van der Waals surface area contributed by atoms with Crippen molar-refractivity contribution in [2.45, 2.75) is 6.17 Å². The molecule has 3 N–H and O–H groups in total. The number of phenolic OH excluding ortho intramolecular Hbond substituents is 1. The maximum absolute atomic E-state index is 13.3. The smallest absolute Gasteiger partial charge is 0.276 e. The first kappa shape index (κ1) is 21.0. The Hall–Kier alpha value is -2.30. The van der Waals surface area contributed by atoms with Gasteiger partial charge in [0.1, 0.15) is 5.75 Å². The van der Waals surface area contributed by atoms with Gasteiger partial charge in [-0.15, -0.1) is 0 Å². The Labute approximate surface area is 199 Å². The van der Waals surface area contributed by atoms with Gasteiger partial charge in [0.05, 0.1) is 5.56 Å². The van der Waals surface area contributed by atoms with Crippen LogP contribution >= 0.6 is 50.1 Å². The lowest BCUT2D eigenvalue weighted by molar-refractivity contribution is 0.0488. The molecule has 0 saturated heterocycles.